The van der Waals surface area contributed by atoms with E-state index in [4.69, 9.17) is 11.6 Å². The molecule has 1 unspecified atom stereocenters. The van der Waals surface area contributed by atoms with Crippen LogP contribution in [0.2, 0.25) is 5.02 Å². The van der Waals surface area contributed by atoms with Gasteiger partial charge in [-0.05, 0) is 24.7 Å². The van der Waals surface area contributed by atoms with Crippen molar-refractivity contribution in [2.24, 2.45) is 0 Å². The van der Waals surface area contributed by atoms with E-state index in [1.807, 2.05) is 11.8 Å². The highest BCUT2D eigenvalue weighted by Crippen LogP contribution is 2.26. The minimum atomic E-state index is -0.539. The molecule has 1 fully saturated rings. The molecule has 1 aromatic carbocycles. The summed E-state index contributed by atoms with van der Waals surface area (Å²) >= 11 is 7.75. The van der Waals surface area contributed by atoms with Gasteiger partial charge < -0.3 is 5.32 Å². The van der Waals surface area contributed by atoms with Crippen LogP contribution < -0.4 is 5.32 Å². The van der Waals surface area contributed by atoms with Gasteiger partial charge in [-0.25, -0.2) is 0 Å². The number of benzene rings is 1. The number of nitrogens with one attached hydrogen (secondary N) is 1. The number of nitro benzene ring substituents is 1. The predicted octanol–water partition coefficient (Wildman–Crippen LogP) is 2.87. The molecule has 0 aliphatic carbocycles. The Morgan fingerprint density at radius 3 is 2.95 bits per heavy atom. The Labute approximate surface area is 119 Å². The molecule has 1 aromatic rings. The van der Waals surface area contributed by atoms with E-state index in [9.17, 15) is 14.9 Å². The van der Waals surface area contributed by atoms with Crippen LogP contribution in [0.3, 0.4) is 0 Å². The van der Waals surface area contributed by atoms with Crippen LogP contribution in [0.4, 0.5) is 5.69 Å². The van der Waals surface area contributed by atoms with E-state index in [0.29, 0.717) is 11.8 Å². The lowest BCUT2D eigenvalue weighted by Gasteiger charge is -2.10. The van der Waals surface area contributed by atoms with E-state index in [0.717, 1.165) is 12.2 Å². The third kappa shape index (κ3) is 3.61. The molecule has 102 valence electrons. The highest BCUT2D eigenvalue weighted by molar-refractivity contribution is 8.00. The van der Waals surface area contributed by atoms with Crippen molar-refractivity contribution in [3.63, 3.8) is 0 Å². The molecule has 1 aliphatic rings. The summed E-state index contributed by atoms with van der Waals surface area (Å²) in [7, 11) is 0. The zero-order valence-corrected chi connectivity index (χ0v) is 11.7. The van der Waals surface area contributed by atoms with E-state index >= 15 is 0 Å². The van der Waals surface area contributed by atoms with Gasteiger partial charge in [-0.2, -0.15) is 11.8 Å². The standard InChI is InChI=1S/C12H13ClN2O3S/c13-11-6-8(15(17)18)3-4-10(11)12(16)14-7-9-2-1-5-19-9/h3-4,6,9H,1-2,5,7H2,(H,14,16). The smallest absolute Gasteiger partial charge is 0.270 e. The number of thioether (sulfide) groups is 1. The number of nitro groups is 1. The predicted molar refractivity (Wildman–Crippen MR) is 75.9 cm³/mol. The summed E-state index contributed by atoms with van der Waals surface area (Å²) in [4.78, 5) is 22.0. The summed E-state index contributed by atoms with van der Waals surface area (Å²) in [6.45, 7) is 0.608. The zero-order chi connectivity index (χ0) is 13.8. The Kier molecular flexibility index (Phi) is 4.66. The second-order valence-corrected chi connectivity index (χ2v) is 6.08. The number of halogens is 1. The molecule has 0 saturated carbocycles. The highest BCUT2D eigenvalue weighted by Gasteiger charge is 2.18. The number of hydrogen-bond acceptors (Lipinski definition) is 4. The molecule has 0 bridgehead atoms. The van der Waals surface area contributed by atoms with Gasteiger partial charge in [0, 0.05) is 23.9 Å². The average molecular weight is 301 g/mol. The molecule has 1 saturated heterocycles. The Balaban J connectivity index is 2.00. The highest BCUT2D eigenvalue weighted by atomic mass is 35.5. The molecule has 0 radical (unpaired) electrons. The van der Waals surface area contributed by atoms with E-state index in [1.165, 1.54) is 24.6 Å². The molecule has 0 aromatic heterocycles. The molecule has 1 atom stereocenters. The van der Waals surface area contributed by atoms with Crippen molar-refractivity contribution in [2.75, 3.05) is 12.3 Å². The van der Waals surface area contributed by atoms with Crippen molar-refractivity contribution >= 4 is 35.0 Å². The fourth-order valence-corrected chi connectivity index (χ4v) is 3.37. The maximum absolute atomic E-state index is 11.9. The first-order chi connectivity index (χ1) is 9.08. The van der Waals surface area contributed by atoms with Crippen LogP contribution in [-0.4, -0.2) is 28.4 Å². The normalized spacial score (nSPS) is 18.3. The molecular weight excluding hydrogens is 288 g/mol. The number of amides is 1. The molecule has 7 heteroatoms. The maximum Gasteiger partial charge on any atom is 0.270 e. The number of carbonyl (C=O) groups is 1. The van der Waals surface area contributed by atoms with Crippen molar-refractivity contribution in [1.29, 1.82) is 0 Å². The second-order valence-electron chi connectivity index (χ2n) is 4.27. The van der Waals surface area contributed by atoms with Gasteiger partial charge >= 0.3 is 0 Å². The van der Waals surface area contributed by atoms with Gasteiger partial charge in [-0.3, -0.25) is 14.9 Å². The Hall–Kier alpha value is -1.27. The van der Waals surface area contributed by atoms with Gasteiger partial charge in [-0.15, -0.1) is 0 Å². The summed E-state index contributed by atoms with van der Waals surface area (Å²) in [6.07, 6.45) is 2.29. The lowest BCUT2D eigenvalue weighted by molar-refractivity contribution is -0.384. The summed E-state index contributed by atoms with van der Waals surface area (Å²) in [5, 5.41) is 14.0. The van der Waals surface area contributed by atoms with E-state index in [2.05, 4.69) is 5.32 Å². The largest absolute Gasteiger partial charge is 0.351 e. The first-order valence-corrected chi connectivity index (χ1v) is 7.34. The molecule has 19 heavy (non-hydrogen) atoms. The molecule has 1 heterocycles. The van der Waals surface area contributed by atoms with Crippen molar-refractivity contribution in [1.82, 2.24) is 5.32 Å². The molecule has 0 spiro atoms. The van der Waals surface area contributed by atoms with E-state index in [1.54, 1.807) is 0 Å². The quantitative estimate of drug-likeness (QED) is 0.685. The van der Waals surface area contributed by atoms with Crippen LogP contribution in [-0.2, 0) is 0 Å². The Morgan fingerprint density at radius 1 is 1.58 bits per heavy atom. The minimum absolute atomic E-state index is 0.103. The first-order valence-electron chi connectivity index (χ1n) is 5.91. The molecule has 2 rings (SSSR count). The summed E-state index contributed by atoms with van der Waals surface area (Å²) < 4.78 is 0. The number of rotatable bonds is 4. The first kappa shape index (κ1) is 14.1. The number of nitrogens with zero attached hydrogens (tertiary/aromatic N) is 1. The van der Waals surface area contributed by atoms with E-state index in [-0.39, 0.29) is 22.2 Å². The summed E-state index contributed by atoms with van der Waals surface area (Å²) in [5.74, 6) is 0.853. The zero-order valence-electron chi connectivity index (χ0n) is 10.1. The van der Waals surface area contributed by atoms with Crippen LogP contribution in [0, 0.1) is 10.1 Å². The molecular formula is C12H13ClN2O3S. The third-order valence-corrected chi connectivity index (χ3v) is 4.63. The summed E-state index contributed by atoms with van der Waals surface area (Å²) in [5.41, 5.74) is 0.156. The van der Waals surface area contributed by atoms with Crippen molar-refractivity contribution in [3.8, 4) is 0 Å². The van der Waals surface area contributed by atoms with Gasteiger partial charge in [0.2, 0.25) is 0 Å². The monoisotopic (exact) mass is 300 g/mol. The second kappa shape index (κ2) is 6.25. The van der Waals surface area contributed by atoms with Crippen LogP contribution in [0.25, 0.3) is 0 Å². The summed E-state index contributed by atoms with van der Waals surface area (Å²) in [6, 6.07) is 3.86. The topological polar surface area (TPSA) is 72.2 Å². The maximum atomic E-state index is 11.9. The Bertz CT molecular complexity index is 504. The molecule has 1 N–H and O–H groups in total. The molecule has 5 nitrogen and oxygen atoms in total. The Morgan fingerprint density at radius 2 is 2.37 bits per heavy atom. The number of carbonyl (C=O) groups excluding carboxylic acids is 1. The van der Waals surface area contributed by atoms with Gasteiger partial charge in [0.25, 0.3) is 11.6 Å². The van der Waals surface area contributed by atoms with E-state index < -0.39 is 4.92 Å². The average Bonchev–Trinajstić information content (AvgIpc) is 2.88. The third-order valence-electron chi connectivity index (χ3n) is 2.92. The van der Waals surface area contributed by atoms with Gasteiger partial charge in [-0.1, -0.05) is 11.6 Å². The van der Waals surface area contributed by atoms with Crippen molar-refractivity contribution in [2.45, 2.75) is 18.1 Å². The SMILES string of the molecule is O=C(NCC1CCCS1)c1ccc([N+](=O)[O-])cc1Cl. The van der Waals surface area contributed by atoms with Gasteiger partial charge in [0.1, 0.15) is 0 Å². The van der Waals surface area contributed by atoms with Crippen LogP contribution >= 0.6 is 23.4 Å². The number of hydrogen-bond donors (Lipinski definition) is 1. The fourth-order valence-electron chi connectivity index (χ4n) is 1.91. The van der Waals surface area contributed by atoms with Gasteiger partial charge in [0.15, 0.2) is 0 Å². The lowest BCUT2D eigenvalue weighted by Crippen LogP contribution is -2.29. The lowest BCUT2D eigenvalue weighted by atomic mass is 10.2. The van der Waals surface area contributed by atoms with Gasteiger partial charge in [0.05, 0.1) is 15.5 Å². The van der Waals surface area contributed by atoms with Crippen molar-refractivity contribution in [3.05, 3.63) is 38.9 Å². The fraction of sp³-hybridized carbons (Fsp3) is 0.417. The molecule has 1 amide bonds. The van der Waals surface area contributed by atoms with Crippen molar-refractivity contribution < 1.29 is 9.72 Å². The van der Waals surface area contributed by atoms with Crippen LogP contribution in [0.5, 0.6) is 0 Å². The van der Waals surface area contributed by atoms with Crippen LogP contribution in [0.15, 0.2) is 18.2 Å². The van der Waals surface area contributed by atoms with Crippen LogP contribution in [0.1, 0.15) is 23.2 Å². The molecule has 1 aliphatic heterocycles. The number of non-ortho nitro benzene ring substituents is 1. The minimum Gasteiger partial charge on any atom is -0.351 e.